The molecular weight excluding hydrogens is 420 g/mol. The van der Waals surface area contributed by atoms with Gasteiger partial charge in [0.25, 0.3) is 0 Å². The van der Waals surface area contributed by atoms with E-state index in [1.54, 1.807) is 0 Å². The first-order valence-electron chi connectivity index (χ1n) is 11.6. The first-order valence-corrected chi connectivity index (χ1v) is 11.6. The zero-order chi connectivity index (χ0) is 23.2. The van der Waals surface area contributed by atoms with Crippen LogP contribution in [-0.4, -0.2) is 40.1 Å². The average molecular weight is 451 g/mol. The SMILES string of the molecule is O=C(O)[C@@H](NC(=O)[C@@H]1Cc2ccccc2CN1C(=O)OCc1ccccc1)C1CCCCC1. The number of nitrogens with zero attached hydrogens (tertiary/aromatic N) is 1. The van der Waals surface area contributed by atoms with Crippen LogP contribution in [0.15, 0.2) is 54.6 Å². The van der Waals surface area contributed by atoms with E-state index < -0.39 is 30.1 Å². The largest absolute Gasteiger partial charge is 0.480 e. The van der Waals surface area contributed by atoms with Gasteiger partial charge < -0.3 is 15.2 Å². The molecule has 2 atom stereocenters. The number of carbonyl (C=O) groups excluding carboxylic acids is 2. The van der Waals surface area contributed by atoms with Crippen LogP contribution in [0.3, 0.4) is 0 Å². The smallest absolute Gasteiger partial charge is 0.411 e. The number of carbonyl (C=O) groups is 3. The molecule has 0 saturated heterocycles. The molecule has 0 radical (unpaired) electrons. The van der Waals surface area contributed by atoms with E-state index in [-0.39, 0.29) is 19.1 Å². The van der Waals surface area contributed by atoms with Crippen molar-refractivity contribution in [2.75, 3.05) is 0 Å². The second kappa shape index (κ2) is 10.5. The van der Waals surface area contributed by atoms with Crippen LogP contribution in [0.1, 0.15) is 48.8 Å². The third-order valence-electron chi connectivity index (χ3n) is 6.68. The van der Waals surface area contributed by atoms with Gasteiger partial charge in [-0.2, -0.15) is 0 Å². The van der Waals surface area contributed by atoms with Crippen LogP contribution < -0.4 is 5.32 Å². The van der Waals surface area contributed by atoms with E-state index in [9.17, 15) is 19.5 Å². The maximum Gasteiger partial charge on any atom is 0.411 e. The summed E-state index contributed by atoms with van der Waals surface area (Å²) in [7, 11) is 0. The van der Waals surface area contributed by atoms with Gasteiger partial charge in [-0.05, 0) is 35.4 Å². The zero-order valence-electron chi connectivity index (χ0n) is 18.6. The van der Waals surface area contributed by atoms with Gasteiger partial charge in [-0.1, -0.05) is 73.9 Å². The normalized spacial score (nSPS) is 19.3. The highest BCUT2D eigenvalue weighted by Gasteiger charge is 2.39. The summed E-state index contributed by atoms with van der Waals surface area (Å²) in [4.78, 5) is 39.7. The van der Waals surface area contributed by atoms with E-state index in [2.05, 4.69) is 5.32 Å². The molecule has 0 spiro atoms. The Balaban J connectivity index is 1.51. The van der Waals surface area contributed by atoms with Gasteiger partial charge in [0.15, 0.2) is 0 Å². The van der Waals surface area contributed by atoms with Crippen molar-refractivity contribution < 1.29 is 24.2 Å². The van der Waals surface area contributed by atoms with Crippen molar-refractivity contribution in [3.8, 4) is 0 Å². The molecule has 2 amide bonds. The van der Waals surface area contributed by atoms with Crippen LogP contribution in [0, 0.1) is 5.92 Å². The van der Waals surface area contributed by atoms with E-state index in [0.717, 1.165) is 48.8 Å². The quantitative estimate of drug-likeness (QED) is 0.696. The molecule has 7 heteroatoms. The van der Waals surface area contributed by atoms with Gasteiger partial charge in [0.2, 0.25) is 5.91 Å². The third-order valence-corrected chi connectivity index (χ3v) is 6.68. The predicted octanol–water partition coefficient (Wildman–Crippen LogP) is 3.90. The molecule has 1 fully saturated rings. The lowest BCUT2D eigenvalue weighted by atomic mass is 9.83. The number of nitrogens with one attached hydrogen (secondary N) is 1. The highest BCUT2D eigenvalue weighted by atomic mass is 16.6. The number of benzene rings is 2. The third kappa shape index (κ3) is 5.53. The minimum absolute atomic E-state index is 0.0884. The maximum atomic E-state index is 13.3. The van der Waals surface area contributed by atoms with Crippen molar-refractivity contribution in [3.63, 3.8) is 0 Å². The van der Waals surface area contributed by atoms with Crippen molar-refractivity contribution in [2.45, 2.75) is 63.8 Å². The second-order valence-electron chi connectivity index (χ2n) is 8.88. The molecule has 33 heavy (non-hydrogen) atoms. The van der Waals surface area contributed by atoms with E-state index in [1.807, 2.05) is 54.6 Å². The van der Waals surface area contributed by atoms with Gasteiger partial charge in [-0.25, -0.2) is 9.59 Å². The van der Waals surface area contributed by atoms with E-state index >= 15 is 0 Å². The van der Waals surface area contributed by atoms with Crippen LogP contribution in [0.5, 0.6) is 0 Å². The lowest BCUT2D eigenvalue weighted by molar-refractivity contribution is -0.144. The molecule has 7 nitrogen and oxygen atoms in total. The Bertz CT molecular complexity index is 987. The van der Waals surface area contributed by atoms with Crippen LogP contribution in [0.25, 0.3) is 0 Å². The summed E-state index contributed by atoms with van der Waals surface area (Å²) in [5, 5.41) is 12.6. The number of ether oxygens (including phenoxy) is 1. The van der Waals surface area contributed by atoms with Crippen LogP contribution in [0.2, 0.25) is 0 Å². The Morgan fingerprint density at radius 2 is 1.64 bits per heavy atom. The molecule has 0 aromatic heterocycles. The number of amides is 2. The van der Waals surface area contributed by atoms with Gasteiger partial charge in [0.05, 0.1) is 6.54 Å². The van der Waals surface area contributed by atoms with Gasteiger partial charge in [0, 0.05) is 6.42 Å². The molecule has 1 aliphatic heterocycles. The van der Waals surface area contributed by atoms with Gasteiger partial charge in [0.1, 0.15) is 18.7 Å². The molecule has 2 N–H and O–H groups in total. The summed E-state index contributed by atoms with van der Waals surface area (Å²) in [6, 6.07) is 15.3. The summed E-state index contributed by atoms with van der Waals surface area (Å²) >= 11 is 0. The summed E-state index contributed by atoms with van der Waals surface area (Å²) in [5.41, 5.74) is 2.79. The zero-order valence-corrected chi connectivity index (χ0v) is 18.6. The molecule has 1 aliphatic carbocycles. The van der Waals surface area contributed by atoms with Gasteiger partial charge >= 0.3 is 12.1 Å². The lowest BCUT2D eigenvalue weighted by Gasteiger charge is -2.36. The minimum atomic E-state index is -1.02. The Morgan fingerprint density at radius 3 is 2.33 bits per heavy atom. The summed E-state index contributed by atoms with van der Waals surface area (Å²) in [6.45, 7) is 0.342. The van der Waals surface area contributed by atoms with Crippen LogP contribution in [-0.2, 0) is 33.9 Å². The molecule has 1 saturated carbocycles. The number of carboxylic acids is 1. The van der Waals surface area contributed by atoms with E-state index in [0.29, 0.717) is 6.42 Å². The molecule has 174 valence electrons. The molecule has 2 aromatic rings. The summed E-state index contributed by atoms with van der Waals surface area (Å²) < 4.78 is 5.52. The molecule has 2 aromatic carbocycles. The summed E-state index contributed by atoms with van der Waals surface area (Å²) in [5.74, 6) is -1.56. The topological polar surface area (TPSA) is 95.9 Å². The number of hydrogen-bond acceptors (Lipinski definition) is 4. The number of aliphatic carboxylic acids is 1. The fourth-order valence-electron chi connectivity index (χ4n) is 4.85. The minimum Gasteiger partial charge on any atom is -0.480 e. The van der Waals surface area contributed by atoms with Crippen molar-refractivity contribution in [3.05, 3.63) is 71.3 Å². The Labute approximate surface area is 193 Å². The van der Waals surface area contributed by atoms with Gasteiger partial charge in [-0.15, -0.1) is 0 Å². The molecule has 1 heterocycles. The second-order valence-corrected chi connectivity index (χ2v) is 8.88. The number of rotatable bonds is 6. The van der Waals surface area contributed by atoms with Crippen LogP contribution in [0.4, 0.5) is 4.79 Å². The average Bonchev–Trinajstić information content (AvgIpc) is 2.85. The number of hydrogen-bond donors (Lipinski definition) is 2. The fraction of sp³-hybridized carbons (Fsp3) is 0.423. The molecule has 0 unspecified atom stereocenters. The Morgan fingerprint density at radius 1 is 0.970 bits per heavy atom. The first kappa shape index (κ1) is 22.8. The van der Waals surface area contributed by atoms with Crippen LogP contribution >= 0.6 is 0 Å². The van der Waals surface area contributed by atoms with Gasteiger partial charge in [-0.3, -0.25) is 9.69 Å². The first-order chi connectivity index (χ1) is 16.0. The maximum absolute atomic E-state index is 13.3. The monoisotopic (exact) mass is 450 g/mol. The number of carboxylic acid groups (broad SMARTS) is 1. The predicted molar refractivity (Wildman–Crippen MR) is 122 cm³/mol. The van der Waals surface area contributed by atoms with Crippen molar-refractivity contribution in [2.24, 2.45) is 5.92 Å². The van der Waals surface area contributed by atoms with Crippen molar-refractivity contribution in [1.29, 1.82) is 0 Å². The molecular formula is C26H30N2O5. The van der Waals surface area contributed by atoms with E-state index in [1.165, 1.54) is 4.90 Å². The standard InChI is InChI=1S/C26H30N2O5/c29-24(27-23(25(30)31)19-11-5-2-6-12-19)22-15-20-13-7-8-14-21(20)16-28(22)26(32)33-17-18-9-3-1-4-10-18/h1,3-4,7-10,13-14,19,22-23H,2,5-6,11-12,15-17H2,(H,27,29)(H,30,31)/t22-,23-/m0/s1. The molecule has 2 aliphatic rings. The van der Waals surface area contributed by atoms with Crippen molar-refractivity contribution >= 4 is 18.0 Å². The van der Waals surface area contributed by atoms with E-state index in [4.69, 9.17) is 4.74 Å². The highest BCUT2D eigenvalue weighted by Crippen LogP contribution is 2.28. The summed E-state index contributed by atoms with van der Waals surface area (Å²) in [6.07, 6.45) is 4.34. The number of fused-ring (bicyclic) bond motifs is 1. The molecule has 0 bridgehead atoms. The highest BCUT2D eigenvalue weighted by molar-refractivity contribution is 5.90. The van der Waals surface area contributed by atoms with Crippen molar-refractivity contribution in [1.82, 2.24) is 10.2 Å². The molecule has 4 rings (SSSR count). The Kier molecular flexibility index (Phi) is 7.27. The fourth-order valence-corrected chi connectivity index (χ4v) is 4.85. The lowest BCUT2D eigenvalue weighted by Crippen LogP contribution is -2.57. The Hall–Kier alpha value is -3.35.